The van der Waals surface area contributed by atoms with E-state index in [4.69, 9.17) is 16.3 Å². The van der Waals surface area contributed by atoms with E-state index in [1.54, 1.807) is 6.07 Å². The molecule has 3 rings (SSSR count). The van der Waals surface area contributed by atoms with Crippen LogP contribution in [0.2, 0.25) is 5.02 Å². The monoisotopic (exact) mass is 339 g/mol. The molecule has 0 atom stereocenters. The van der Waals surface area contributed by atoms with Crippen molar-refractivity contribution in [3.63, 3.8) is 0 Å². The van der Waals surface area contributed by atoms with Gasteiger partial charge in [0.25, 0.3) is 0 Å². The fourth-order valence-corrected chi connectivity index (χ4v) is 4.27. The molecule has 2 nitrogen and oxygen atoms in total. The third-order valence-corrected chi connectivity index (χ3v) is 5.87. The second kappa shape index (κ2) is 8.46. The molecule has 0 spiro atoms. The van der Waals surface area contributed by atoms with E-state index in [0.29, 0.717) is 17.0 Å². The van der Waals surface area contributed by atoms with Crippen molar-refractivity contribution >= 4 is 11.6 Å². The molecule has 1 N–H and O–H groups in total. The summed E-state index contributed by atoms with van der Waals surface area (Å²) < 4.78 is 19.0. The van der Waals surface area contributed by atoms with Crippen molar-refractivity contribution in [2.75, 3.05) is 19.8 Å². The molecule has 0 amide bonds. The summed E-state index contributed by atoms with van der Waals surface area (Å²) in [4.78, 5) is 0. The lowest BCUT2D eigenvalue weighted by molar-refractivity contribution is 0.0775. The third-order valence-electron chi connectivity index (χ3n) is 5.47. The summed E-state index contributed by atoms with van der Waals surface area (Å²) in [6.45, 7) is 2.91. The molecule has 2 aliphatic rings. The van der Waals surface area contributed by atoms with Crippen LogP contribution in [0.1, 0.15) is 56.4 Å². The summed E-state index contributed by atoms with van der Waals surface area (Å²) in [5.74, 6) is 0.941. The SMILES string of the molecule is Fc1cccc([C@H]2CC[C@@H](CCNC3CCOCC3)CC2)c1Cl. The minimum Gasteiger partial charge on any atom is -0.381 e. The number of halogens is 2. The van der Waals surface area contributed by atoms with E-state index in [9.17, 15) is 4.39 Å². The van der Waals surface area contributed by atoms with Gasteiger partial charge in [-0.15, -0.1) is 0 Å². The highest BCUT2D eigenvalue weighted by Gasteiger charge is 2.24. The van der Waals surface area contributed by atoms with Gasteiger partial charge in [-0.1, -0.05) is 23.7 Å². The topological polar surface area (TPSA) is 21.3 Å². The second-order valence-corrected chi connectivity index (χ2v) is 7.37. The number of hydrogen-bond acceptors (Lipinski definition) is 2. The number of hydrogen-bond donors (Lipinski definition) is 1. The molecule has 1 aromatic carbocycles. The molecule has 128 valence electrons. The van der Waals surface area contributed by atoms with E-state index < -0.39 is 0 Å². The first-order valence-corrected chi connectivity index (χ1v) is 9.37. The van der Waals surface area contributed by atoms with Gasteiger partial charge in [0, 0.05) is 19.3 Å². The molecular weight excluding hydrogens is 313 g/mol. The second-order valence-electron chi connectivity index (χ2n) is 6.99. The maximum atomic E-state index is 13.6. The lowest BCUT2D eigenvalue weighted by Gasteiger charge is -2.30. The predicted octanol–water partition coefficient (Wildman–Crippen LogP) is 4.91. The molecule has 1 aliphatic carbocycles. The highest BCUT2D eigenvalue weighted by molar-refractivity contribution is 6.31. The van der Waals surface area contributed by atoms with Crippen LogP contribution in [0.3, 0.4) is 0 Å². The predicted molar refractivity (Wildman–Crippen MR) is 92.6 cm³/mol. The molecular formula is C19H27ClFNO. The Kier molecular flexibility index (Phi) is 6.32. The zero-order chi connectivity index (χ0) is 16.1. The molecule has 1 aromatic rings. The maximum Gasteiger partial charge on any atom is 0.142 e. The Morgan fingerprint density at radius 2 is 1.83 bits per heavy atom. The molecule has 1 heterocycles. The van der Waals surface area contributed by atoms with Crippen LogP contribution in [0.4, 0.5) is 4.39 Å². The van der Waals surface area contributed by atoms with Crippen LogP contribution in [-0.4, -0.2) is 25.8 Å². The summed E-state index contributed by atoms with van der Waals surface area (Å²) in [5, 5.41) is 4.01. The molecule has 1 saturated heterocycles. The van der Waals surface area contributed by atoms with Crippen LogP contribution in [0.25, 0.3) is 0 Å². The van der Waals surface area contributed by atoms with Crippen molar-refractivity contribution in [3.8, 4) is 0 Å². The lowest BCUT2D eigenvalue weighted by atomic mass is 9.77. The van der Waals surface area contributed by atoms with Gasteiger partial charge in [-0.05, 0) is 75.0 Å². The smallest absolute Gasteiger partial charge is 0.142 e. The fraction of sp³-hybridized carbons (Fsp3) is 0.684. The van der Waals surface area contributed by atoms with Crippen molar-refractivity contribution in [2.45, 2.75) is 56.9 Å². The molecule has 4 heteroatoms. The van der Waals surface area contributed by atoms with Crippen LogP contribution in [-0.2, 0) is 4.74 Å². The van der Waals surface area contributed by atoms with Crippen molar-refractivity contribution in [1.82, 2.24) is 5.32 Å². The zero-order valence-corrected chi connectivity index (χ0v) is 14.5. The lowest BCUT2D eigenvalue weighted by Crippen LogP contribution is -2.36. The van der Waals surface area contributed by atoms with E-state index in [1.807, 2.05) is 6.07 Å². The van der Waals surface area contributed by atoms with E-state index in [1.165, 1.54) is 25.3 Å². The minimum absolute atomic E-state index is 0.285. The largest absolute Gasteiger partial charge is 0.381 e. The fourth-order valence-electron chi connectivity index (χ4n) is 3.99. The van der Waals surface area contributed by atoms with Crippen molar-refractivity contribution in [3.05, 3.63) is 34.6 Å². The minimum atomic E-state index is -0.285. The first kappa shape index (κ1) is 17.2. The van der Waals surface area contributed by atoms with Gasteiger partial charge in [0.15, 0.2) is 0 Å². The Balaban J connectivity index is 1.40. The molecule has 1 aliphatic heterocycles. The molecule has 0 unspecified atom stereocenters. The molecule has 0 radical (unpaired) electrons. The van der Waals surface area contributed by atoms with Crippen molar-refractivity contribution in [2.24, 2.45) is 5.92 Å². The third kappa shape index (κ3) is 4.68. The highest BCUT2D eigenvalue weighted by Crippen LogP contribution is 2.40. The van der Waals surface area contributed by atoms with Crippen LogP contribution >= 0.6 is 11.6 Å². The Morgan fingerprint density at radius 3 is 2.57 bits per heavy atom. The van der Waals surface area contributed by atoms with E-state index >= 15 is 0 Å². The zero-order valence-electron chi connectivity index (χ0n) is 13.7. The van der Waals surface area contributed by atoms with Gasteiger partial charge >= 0.3 is 0 Å². The molecule has 2 fully saturated rings. The Bertz CT molecular complexity index is 496. The van der Waals surface area contributed by atoms with Gasteiger partial charge < -0.3 is 10.1 Å². The molecule has 0 aromatic heterocycles. The van der Waals surface area contributed by atoms with Gasteiger partial charge in [0.05, 0.1) is 5.02 Å². The first-order valence-electron chi connectivity index (χ1n) is 8.99. The van der Waals surface area contributed by atoms with E-state index in [-0.39, 0.29) is 5.82 Å². The summed E-state index contributed by atoms with van der Waals surface area (Å²) in [7, 11) is 0. The normalized spacial score (nSPS) is 26.3. The summed E-state index contributed by atoms with van der Waals surface area (Å²) in [6.07, 6.45) is 8.26. The van der Waals surface area contributed by atoms with Gasteiger partial charge in [-0.25, -0.2) is 4.39 Å². The molecule has 23 heavy (non-hydrogen) atoms. The summed E-state index contributed by atoms with van der Waals surface area (Å²) in [6, 6.07) is 5.86. The quantitative estimate of drug-likeness (QED) is 0.822. The molecule has 1 saturated carbocycles. The first-order chi connectivity index (χ1) is 11.2. The van der Waals surface area contributed by atoms with Gasteiger partial charge in [0.2, 0.25) is 0 Å². The Morgan fingerprint density at radius 1 is 1.09 bits per heavy atom. The Labute approximate surface area is 143 Å². The van der Waals surface area contributed by atoms with E-state index in [0.717, 1.165) is 56.9 Å². The van der Waals surface area contributed by atoms with Gasteiger partial charge in [-0.3, -0.25) is 0 Å². The van der Waals surface area contributed by atoms with Gasteiger partial charge in [-0.2, -0.15) is 0 Å². The van der Waals surface area contributed by atoms with Crippen molar-refractivity contribution < 1.29 is 9.13 Å². The van der Waals surface area contributed by atoms with Crippen LogP contribution in [0.5, 0.6) is 0 Å². The average Bonchev–Trinajstić information content (AvgIpc) is 2.59. The number of nitrogens with one attached hydrogen (secondary N) is 1. The maximum absolute atomic E-state index is 13.6. The number of ether oxygens (including phenoxy) is 1. The average molecular weight is 340 g/mol. The Hall–Kier alpha value is -0.640. The van der Waals surface area contributed by atoms with Crippen LogP contribution in [0.15, 0.2) is 18.2 Å². The van der Waals surface area contributed by atoms with Gasteiger partial charge in [0.1, 0.15) is 5.82 Å². The summed E-state index contributed by atoms with van der Waals surface area (Å²) in [5.41, 5.74) is 1.01. The van der Waals surface area contributed by atoms with E-state index in [2.05, 4.69) is 5.32 Å². The highest BCUT2D eigenvalue weighted by atomic mass is 35.5. The number of benzene rings is 1. The van der Waals surface area contributed by atoms with Crippen LogP contribution < -0.4 is 5.32 Å². The molecule has 0 bridgehead atoms. The number of rotatable bonds is 5. The standard InChI is InChI=1S/C19H27ClFNO/c20-19-17(2-1-3-18(19)21)15-6-4-14(5-7-15)8-11-22-16-9-12-23-13-10-16/h1-3,14-16,22H,4-13H2/t14-,15+. The summed E-state index contributed by atoms with van der Waals surface area (Å²) >= 11 is 6.14. The van der Waals surface area contributed by atoms with Crippen molar-refractivity contribution in [1.29, 1.82) is 0 Å². The van der Waals surface area contributed by atoms with Crippen LogP contribution in [0, 0.1) is 11.7 Å².